The molecule has 1 aliphatic heterocycles. The van der Waals surface area contributed by atoms with E-state index in [0.717, 1.165) is 56.3 Å². The molecule has 0 bridgehead atoms. The summed E-state index contributed by atoms with van der Waals surface area (Å²) in [7, 11) is 3.35. The van der Waals surface area contributed by atoms with Gasteiger partial charge in [-0.15, -0.1) is 5.10 Å². The van der Waals surface area contributed by atoms with Gasteiger partial charge in [0.05, 0.1) is 14.2 Å². The number of methoxy groups -OCH3 is 2. The minimum absolute atomic E-state index is 0.121. The smallest absolute Gasteiger partial charge is 0.173 e. The minimum Gasteiger partial charge on any atom is -0.493 e. The summed E-state index contributed by atoms with van der Waals surface area (Å²) in [6.45, 7) is 7.90. The van der Waals surface area contributed by atoms with E-state index in [1.165, 1.54) is 5.56 Å². The Labute approximate surface area is 189 Å². The highest BCUT2D eigenvalue weighted by Crippen LogP contribution is 2.39. The lowest BCUT2D eigenvalue weighted by molar-refractivity contribution is 0.107. The monoisotopic (exact) mass is 436 g/mol. The molecule has 0 spiro atoms. The quantitative estimate of drug-likeness (QED) is 0.511. The van der Waals surface area contributed by atoms with E-state index in [0.29, 0.717) is 12.3 Å². The van der Waals surface area contributed by atoms with E-state index in [1.807, 2.05) is 22.9 Å². The number of piperazine rings is 1. The maximum absolute atomic E-state index is 5.81. The molecule has 170 valence electrons. The SMILES string of the molecule is CCN1CCN(C(c2cccc(OC)c2OC)c2nnnn2CCc2ccccc2)CC1. The average Bonchev–Trinajstić information content (AvgIpc) is 3.32. The van der Waals surface area contributed by atoms with Gasteiger partial charge in [0, 0.05) is 38.3 Å². The molecule has 32 heavy (non-hydrogen) atoms. The fourth-order valence-corrected chi connectivity index (χ4v) is 4.41. The highest BCUT2D eigenvalue weighted by atomic mass is 16.5. The van der Waals surface area contributed by atoms with Crippen molar-refractivity contribution in [1.82, 2.24) is 30.0 Å². The summed E-state index contributed by atoms with van der Waals surface area (Å²) in [6.07, 6.45) is 0.866. The van der Waals surface area contributed by atoms with E-state index in [4.69, 9.17) is 9.47 Å². The Hall–Kier alpha value is -2.97. The summed E-state index contributed by atoms with van der Waals surface area (Å²) in [4.78, 5) is 4.92. The van der Waals surface area contributed by atoms with Crippen LogP contribution >= 0.6 is 0 Å². The van der Waals surface area contributed by atoms with Gasteiger partial charge < -0.3 is 14.4 Å². The minimum atomic E-state index is -0.121. The number of benzene rings is 2. The van der Waals surface area contributed by atoms with Crippen molar-refractivity contribution in [1.29, 1.82) is 0 Å². The van der Waals surface area contributed by atoms with Crippen molar-refractivity contribution in [3.05, 3.63) is 65.5 Å². The molecule has 0 saturated carbocycles. The van der Waals surface area contributed by atoms with Crippen molar-refractivity contribution in [3.63, 3.8) is 0 Å². The van der Waals surface area contributed by atoms with Gasteiger partial charge in [0.25, 0.3) is 0 Å². The zero-order chi connectivity index (χ0) is 22.3. The van der Waals surface area contributed by atoms with Gasteiger partial charge >= 0.3 is 0 Å². The standard InChI is InChI=1S/C24H32N6O2/c1-4-28-15-17-29(18-16-28)22(20-11-8-12-21(31-2)23(20)32-3)24-25-26-27-30(24)14-13-19-9-6-5-7-10-19/h5-12,22H,4,13-18H2,1-3H3. The number of aryl methyl sites for hydroxylation is 2. The molecule has 1 saturated heterocycles. The van der Waals surface area contributed by atoms with E-state index in [1.54, 1.807) is 14.2 Å². The van der Waals surface area contributed by atoms with Crippen molar-refractivity contribution >= 4 is 0 Å². The molecule has 1 fully saturated rings. The highest BCUT2D eigenvalue weighted by molar-refractivity contribution is 5.49. The van der Waals surface area contributed by atoms with Gasteiger partial charge in [-0.05, 0) is 35.0 Å². The molecule has 2 heterocycles. The third-order valence-electron chi connectivity index (χ3n) is 6.21. The number of aromatic nitrogens is 4. The Morgan fingerprint density at radius 1 is 0.938 bits per heavy atom. The molecule has 0 aliphatic carbocycles. The zero-order valence-electron chi connectivity index (χ0n) is 19.1. The number of para-hydroxylation sites is 1. The van der Waals surface area contributed by atoms with Crippen LogP contribution in [0, 0.1) is 0 Å². The van der Waals surface area contributed by atoms with Crippen LogP contribution in [0.5, 0.6) is 11.5 Å². The summed E-state index contributed by atoms with van der Waals surface area (Å²) >= 11 is 0. The summed E-state index contributed by atoms with van der Waals surface area (Å²) in [5.41, 5.74) is 2.29. The largest absolute Gasteiger partial charge is 0.493 e. The fourth-order valence-electron chi connectivity index (χ4n) is 4.41. The average molecular weight is 437 g/mol. The lowest BCUT2D eigenvalue weighted by Crippen LogP contribution is -2.48. The molecule has 1 aliphatic rings. The Bertz CT molecular complexity index is 985. The molecule has 8 nitrogen and oxygen atoms in total. The third kappa shape index (κ3) is 4.76. The van der Waals surface area contributed by atoms with Crippen LogP contribution in [0.15, 0.2) is 48.5 Å². The van der Waals surface area contributed by atoms with Crippen molar-refractivity contribution in [2.75, 3.05) is 46.9 Å². The van der Waals surface area contributed by atoms with Crippen molar-refractivity contribution in [3.8, 4) is 11.5 Å². The summed E-state index contributed by atoms with van der Waals surface area (Å²) < 4.78 is 13.3. The zero-order valence-corrected chi connectivity index (χ0v) is 19.1. The Morgan fingerprint density at radius 3 is 2.41 bits per heavy atom. The maximum Gasteiger partial charge on any atom is 0.173 e. The molecule has 8 heteroatoms. The lowest BCUT2D eigenvalue weighted by atomic mass is 10.0. The third-order valence-corrected chi connectivity index (χ3v) is 6.21. The lowest BCUT2D eigenvalue weighted by Gasteiger charge is -2.39. The van der Waals surface area contributed by atoms with Crippen LogP contribution in [0.25, 0.3) is 0 Å². The summed E-state index contributed by atoms with van der Waals surface area (Å²) in [5, 5.41) is 12.9. The first-order chi connectivity index (χ1) is 15.7. The number of hydrogen-bond donors (Lipinski definition) is 0. The van der Waals surface area contributed by atoms with Crippen LogP contribution in [-0.2, 0) is 13.0 Å². The molecular weight excluding hydrogens is 404 g/mol. The van der Waals surface area contributed by atoms with Crippen LogP contribution < -0.4 is 9.47 Å². The number of likely N-dealkylation sites (N-methyl/N-ethyl adjacent to an activating group) is 1. The first-order valence-electron chi connectivity index (χ1n) is 11.2. The molecule has 1 unspecified atom stereocenters. The number of nitrogens with zero attached hydrogens (tertiary/aromatic N) is 6. The Balaban J connectivity index is 1.69. The number of ether oxygens (including phenoxy) is 2. The van der Waals surface area contributed by atoms with Gasteiger partial charge in [-0.3, -0.25) is 4.90 Å². The molecule has 1 aromatic heterocycles. The topological polar surface area (TPSA) is 68.5 Å². The molecule has 1 atom stereocenters. The molecule has 4 rings (SSSR count). The summed E-state index contributed by atoms with van der Waals surface area (Å²) in [6, 6.07) is 16.3. The van der Waals surface area contributed by atoms with Crippen LogP contribution in [0.1, 0.15) is 29.9 Å². The van der Waals surface area contributed by atoms with Crippen molar-refractivity contribution < 1.29 is 9.47 Å². The molecule has 0 radical (unpaired) electrons. The maximum atomic E-state index is 5.81. The number of hydrogen-bond acceptors (Lipinski definition) is 7. The Kier molecular flexibility index (Phi) is 7.34. The second-order valence-corrected chi connectivity index (χ2v) is 7.95. The van der Waals surface area contributed by atoms with Crippen molar-refractivity contribution in [2.24, 2.45) is 0 Å². The van der Waals surface area contributed by atoms with Gasteiger partial charge in [0.15, 0.2) is 17.3 Å². The fraction of sp³-hybridized carbons (Fsp3) is 0.458. The van der Waals surface area contributed by atoms with Crippen LogP contribution in [-0.4, -0.2) is 77.0 Å². The second-order valence-electron chi connectivity index (χ2n) is 7.95. The molecular formula is C24H32N6O2. The second kappa shape index (κ2) is 10.6. The van der Waals surface area contributed by atoms with Crippen LogP contribution in [0.3, 0.4) is 0 Å². The molecule has 0 N–H and O–H groups in total. The van der Waals surface area contributed by atoms with E-state index >= 15 is 0 Å². The normalized spacial score (nSPS) is 16.1. The molecule has 3 aromatic rings. The predicted molar refractivity (Wildman–Crippen MR) is 123 cm³/mol. The van der Waals surface area contributed by atoms with Gasteiger partial charge in [0.1, 0.15) is 6.04 Å². The van der Waals surface area contributed by atoms with Gasteiger partial charge in [-0.25, -0.2) is 4.68 Å². The first-order valence-corrected chi connectivity index (χ1v) is 11.2. The summed E-state index contributed by atoms with van der Waals surface area (Å²) in [5.74, 6) is 2.28. The molecule has 0 amide bonds. The van der Waals surface area contributed by atoms with E-state index in [-0.39, 0.29) is 6.04 Å². The number of rotatable bonds is 9. The highest BCUT2D eigenvalue weighted by Gasteiger charge is 2.33. The first kappa shape index (κ1) is 22.2. The van der Waals surface area contributed by atoms with Crippen molar-refractivity contribution in [2.45, 2.75) is 25.9 Å². The van der Waals surface area contributed by atoms with E-state index in [2.05, 4.69) is 62.6 Å². The van der Waals surface area contributed by atoms with Gasteiger partial charge in [0.2, 0.25) is 0 Å². The molecule has 2 aromatic carbocycles. The van der Waals surface area contributed by atoms with E-state index < -0.39 is 0 Å². The Morgan fingerprint density at radius 2 is 1.72 bits per heavy atom. The predicted octanol–water partition coefficient (Wildman–Crippen LogP) is 2.66. The van der Waals surface area contributed by atoms with E-state index in [9.17, 15) is 0 Å². The van der Waals surface area contributed by atoms with Gasteiger partial charge in [-0.1, -0.05) is 49.4 Å². The van der Waals surface area contributed by atoms with Crippen LogP contribution in [0.2, 0.25) is 0 Å². The van der Waals surface area contributed by atoms with Crippen LogP contribution in [0.4, 0.5) is 0 Å². The van der Waals surface area contributed by atoms with Gasteiger partial charge in [-0.2, -0.15) is 0 Å². The number of tetrazole rings is 1.